The van der Waals surface area contributed by atoms with Gasteiger partial charge in [-0.3, -0.25) is 4.79 Å². The van der Waals surface area contributed by atoms with Crippen molar-refractivity contribution in [2.24, 2.45) is 0 Å². The summed E-state index contributed by atoms with van der Waals surface area (Å²) in [5, 5.41) is 11.1. The molecule has 20 heavy (non-hydrogen) atoms. The second kappa shape index (κ2) is 4.80. The number of amides is 1. The number of anilines is 1. The second-order valence-electron chi connectivity index (χ2n) is 3.85. The van der Waals surface area contributed by atoms with Gasteiger partial charge in [0, 0.05) is 11.6 Å². The van der Waals surface area contributed by atoms with E-state index < -0.39 is 18.1 Å². The van der Waals surface area contributed by atoms with E-state index in [0.29, 0.717) is 5.39 Å². The first-order chi connectivity index (χ1) is 9.29. The summed E-state index contributed by atoms with van der Waals surface area (Å²) in [6, 6.07) is 5.39. The van der Waals surface area contributed by atoms with Crippen molar-refractivity contribution in [3.63, 3.8) is 0 Å². The van der Waals surface area contributed by atoms with Gasteiger partial charge in [-0.15, -0.1) is 0 Å². The summed E-state index contributed by atoms with van der Waals surface area (Å²) in [5.74, 6) is -3.36. The topological polar surface area (TPSA) is 79.3 Å². The zero-order valence-corrected chi connectivity index (χ0v) is 9.73. The number of hydrogen-bond acceptors (Lipinski definition) is 3. The number of benzene rings is 1. The number of aromatic carboxylic acids is 1. The van der Waals surface area contributed by atoms with Crippen molar-refractivity contribution < 1.29 is 27.9 Å². The van der Waals surface area contributed by atoms with Gasteiger partial charge in [0.1, 0.15) is 5.69 Å². The van der Waals surface area contributed by atoms with Crippen molar-refractivity contribution in [1.82, 2.24) is 4.98 Å². The molecule has 5 nitrogen and oxygen atoms in total. The van der Waals surface area contributed by atoms with Crippen molar-refractivity contribution in [3.8, 4) is 0 Å². The summed E-state index contributed by atoms with van der Waals surface area (Å²) in [7, 11) is 0. The first kappa shape index (κ1) is 13.8. The molecule has 0 saturated carbocycles. The van der Waals surface area contributed by atoms with E-state index in [2.05, 4.69) is 4.98 Å². The fourth-order valence-electron chi connectivity index (χ4n) is 1.59. The summed E-state index contributed by atoms with van der Waals surface area (Å²) in [4.78, 5) is 25.3. The lowest BCUT2D eigenvalue weighted by atomic mass is 10.1. The summed E-state index contributed by atoms with van der Waals surface area (Å²) < 4.78 is 36.6. The molecule has 0 atom stereocenters. The quantitative estimate of drug-likeness (QED) is 0.887. The third-order valence-corrected chi connectivity index (χ3v) is 2.49. The van der Waals surface area contributed by atoms with Gasteiger partial charge >= 0.3 is 18.1 Å². The number of carbonyl (C=O) groups is 2. The standard InChI is InChI=1S/C12H7F3N2O3/c13-12(14,15)11(20)17-8-3-1-2-6-4-9(10(18)19)16-5-7(6)8/h1-5H,(H,17,20)(H,18,19). The molecule has 8 heteroatoms. The van der Waals surface area contributed by atoms with Gasteiger partial charge in [-0.1, -0.05) is 12.1 Å². The summed E-state index contributed by atoms with van der Waals surface area (Å²) >= 11 is 0. The fourth-order valence-corrected chi connectivity index (χ4v) is 1.59. The van der Waals surface area contributed by atoms with Gasteiger partial charge in [0.05, 0.1) is 5.69 Å². The maximum Gasteiger partial charge on any atom is 0.471 e. The number of alkyl halides is 3. The number of fused-ring (bicyclic) bond motifs is 1. The Bertz CT molecular complexity index is 698. The minimum atomic E-state index is -5.00. The number of pyridine rings is 1. The van der Waals surface area contributed by atoms with Gasteiger partial charge in [0.25, 0.3) is 0 Å². The Hall–Kier alpha value is -2.64. The highest BCUT2D eigenvalue weighted by Gasteiger charge is 2.38. The largest absolute Gasteiger partial charge is 0.477 e. The maximum absolute atomic E-state index is 12.2. The Balaban J connectivity index is 2.45. The van der Waals surface area contributed by atoms with Crippen molar-refractivity contribution in [2.45, 2.75) is 6.18 Å². The van der Waals surface area contributed by atoms with Crippen molar-refractivity contribution in [3.05, 3.63) is 36.2 Å². The van der Waals surface area contributed by atoms with Gasteiger partial charge in [-0.2, -0.15) is 13.2 Å². The van der Waals surface area contributed by atoms with Gasteiger partial charge in [0.15, 0.2) is 0 Å². The van der Waals surface area contributed by atoms with Crippen LogP contribution in [0, 0.1) is 0 Å². The van der Waals surface area contributed by atoms with E-state index >= 15 is 0 Å². The number of carbonyl (C=O) groups excluding carboxylic acids is 1. The number of carboxylic acids is 1. The van der Waals surface area contributed by atoms with Crippen LogP contribution in [0.3, 0.4) is 0 Å². The molecule has 0 aliphatic heterocycles. The van der Waals surface area contributed by atoms with Crippen LogP contribution in [-0.2, 0) is 4.79 Å². The normalized spacial score (nSPS) is 11.3. The molecule has 0 aliphatic carbocycles. The van der Waals surface area contributed by atoms with E-state index in [4.69, 9.17) is 5.11 Å². The van der Waals surface area contributed by atoms with E-state index in [1.807, 2.05) is 0 Å². The zero-order valence-electron chi connectivity index (χ0n) is 9.73. The third kappa shape index (κ3) is 2.68. The first-order valence-corrected chi connectivity index (χ1v) is 5.29. The van der Waals surface area contributed by atoms with Gasteiger partial charge in [-0.05, 0) is 17.5 Å². The molecule has 0 radical (unpaired) electrons. The molecule has 1 heterocycles. The van der Waals surface area contributed by atoms with E-state index in [1.165, 1.54) is 24.3 Å². The predicted octanol–water partition coefficient (Wildman–Crippen LogP) is 2.43. The van der Waals surface area contributed by atoms with Crippen LogP contribution in [0.15, 0.2) is 30.5 Å². The third-order valence-electron chi connectivity index (χ3n) is 2.49. The molecule has 2 rings (SSSR count). The number of nitrogens with one attached hydrogen (secondary N) is 1. The molecular formula is C12H7F3N2O3. The summed E-state index contributed by atoms with van der Waals surface area (Å²) in [5.41, 5.74) is -0.328. The number of carboxylic acid groups (broad SMARTS) is 1. The lowest BCUT2D eigenvalue weighted by molar-refractivity contribution is -0.167. The minimum absolute atomic E-state index is 0.0886. The molecule has 1 amide bonds. The molecular weight excluding hydrogens is 277 g/mol. The molecule has 104 valence electrons. The Morgan fingerprint density at radius 2 is 1.95 bits per heavy atom. The monoisotopic (exact) mass is 284 g/mol. The second-order valence-corrected chi connectivity index (χ2v) is 3.85. The molecule has 0 bridgehead atoms. The number of rotatable bonds is 2. The molecule has 0 spiro atoms. The van der Waals surface area contributed by atoms with Gasteiger partial charge in [0.2, 0.25) is 0 Å². The molecule has 0 aliphatic rings. The van der Waals surface area contributed by atoms with E-state index in [0.717, 1.165) is 6.20 Å². The minimum Gasteiger partial charge on any atom is -0.477 e. The molecule has 0 saturated heterocycles. The summed E-state index contributed by atoms with van der Waals surface area (Å²) in [6.07, 6.45) is -3.90. The number of nitrogens with zero attached hydrogens (tertiary/aromatic N) is 1. The number of halogens is 3. The first-order valence-electron chi connectivity index (χ1n) is 5.29. The molecule has 0 unspecified atom stereocenters. The lowest BCUT2D eigenvalue weighted by Gasteiger charge is -2.10. The summed E-state index contributed by atoms with van der Waals surface area (Å²) in [6.45, 7) is 0. The highest BCUT2D eigenvalue weighted by atomic mass is 19.4. The van der Waals surface area contributed by atoms with E-state index in [-0.39, 0.29) is 16.8 Å². The van der Waals surface area contributed by atoms with Gasteiger partial charge in [-0.25, -0.2) is 9.78 Å². The zero-order chi connectivity index (χ0) is 14.9. The Kier molecular flexibility index (Phi) is 3.31. The highest BCUT2D eigenvalue weighted by Crippen LogP contribution is 2.25. The number of hydrogen-bond donors (Lipinski definition) is 2. The van der Waals surface area contributed by atoms with Crippen LogP contribution >= 0.6 is 0 Å². The SMILES string of the molecule is O=C(O)c1cc2cccc(NC(=O)C(F)(F)F)c2cn1. The smallest absolute Gasteiger partial charge is 0.471 e. The Morgan fingerprint density at radius 3 is 2.55 bits per heavy atom. The van der Waals surface area contributed by atoms with Crippen LogP contribution in [-0.4, -0.2) is 28.1 Å². The lowest BCUT2D eigenvalue weighted by Crippen LogP contribution is -2.30. The van der Waals surface area contributed by atoms with Crippen LogP contribution in [0.2, 0.25) is 0 Å². The number of aromatic nitrogens is 1. The average Bonchev–Trinajstić information content (AvgIpc) is 2.37. The molecule has 2 aromatic rings. The van der Waals surface area contributed by atoms with Crippen LogP contribution in [0.1, 0.15) is 10.5 Å². The van der Waals surface area contributed by atoms with Crippen molar-refractivity contribution in [2.75, 3.05) is 5.32 Å². The van der Waals surface area contributed by atoms with E-state index in [1.54, 1.807) is 5.32 Å². The van der Waals surface area contributed by atoms with Crippen molar-refractivity contribution in [1.29, 1.82) is 0 Å². The maximum atomic E-state index is 12.2. The fraction of sp³-hybridized carbons (Fsp3) is 0.0833. The Labute approximate surface area is 110 Å². The molecule has 0 fully saturated rings. The van der Waals surface area contributed by atoms with Crippen LogP contribution in [0.25, 0.3) is 10.8 Å². The molecule has 1 aromatic carbocycles. The average molecular weight is 284 g/mol. The highest BCUT2D eigenvalue weighted by molar-refractivity contribution is 6.04. The van der Waals surface area contributed by atoms with Crippen LogP contribution < -0.4 is 5.32 Å². The van der Waals surface area contributed by atoms with Gasteiger partial charge < -0.3 is 10.4 Å². The van der Waals surface area contributed by atoms with Crippen molar-refractivity contribution >= 4 is 28.3 Å². The molecule has 2 N–H and O–H groups in total. The molecule has 1 aromatic heterocycles. The van der Waals surface area contributed by atoms with Crippen LogP contribution in [0.4, 0.5) is 18.9 Å². The van der Waals surface area contributed by atoms with Crippen LogP contribution in [0.5, 0.6) is 0 Å². The van der Waals surface area contributed by atoms with E-state index in [9.17, 15) is 22.8 Å². The predicted molar refractivity (Wildman–Crippen MR) is 63.4 cm³/mol. The Morgan fingerprint density at radius 1 is 1.25 bits per heavy atom.